The maximum Gasteiger partial charge on any atom is 0.411 e. The predicted octanol–water partition coefficient (Wildman–Crippen LogP) is 3.16. The highest BCUT2D eigenvalue weighted by atomic mass is 16.6. The highest BCUT2D eigenvalue weighted by Gasteiger charge is 2.51. The molecule has 2 heterocycles. The van der Waals surface area contributed by atoms with Gasteiger partial charge in [-0.25, -0.2) is 9.78 Å². The number of phenols is 1. The highest BCUT2D eigenvalue weighted by Crippen LogP contribution is 2.40. The van der Waals surface area contributed by atoms with Gasteiger partial charge in [0.15, 0.2) is 0 Å². The first-order chi connectivity index (χ1) is 14.2. The minimum Gasteiger partial charge on any atom is -0.506 e. The van der Waals surface area contributed by atoms with Crippen molar-refractivity contribution in [2.24, 2.45) is 5.73 Å². The normalized spacial score (nSPS) is 22.4. The largest absolute Gasteiger partial charge is 0.506 e. The van der Waals surface area contributed by atoms with Gasteiger partial charge in [0, 0.05) is 13.0 Å². The standard InChI is InChI=1S/C22H32N4O5/c1-20(2,3)30-18(28)22(17-24-13-8-7-9-14(27)16(13)25-17)10-11-26(15(23)12-22)19(29)31-21(4,5)6/h7-9,15,27H,10-12,23H2,1-6H3,(H,24,25). The molecule has 9 nitrogen and oxygen atoms in total. The summed E-state index contributed by atoms with van der Waals surface area (Å²) in [5.74, 6) is -0.106. The molecule has 1 amide bonds. The molecular formula is C22H32N4O5. The van der Waals surface area contributed by atoms with Gasteiger partial charge in [0.05, 0.1) is 11.7 Å². The van der Waals surface area contributed by atoms with Gasteiger partial charge in [-0.05, 0) is 60.1 Å². The summed E-state index contributed by atoms with van der Waals surface area (Å²) in [4.78, 5) is 35.1. The van der Waals surface area contributed by atoms with E-state index in [1.807, 2.05) is 0 Å². The first-order valence-corrected chi connectivity index (χ1v) is 10.4. The number of piperidine rings is 1. The van der Waals surface area contributed by atoms with Gasteiger partial charge in [-0.2, -0.15) is 0 Å². The number of aromatic amines is 1. The van der Waals surface area contributed by atoms with Gasteiger partial charge in [0.25, 0.3) is 0 Å². The van der Waals surface area contributed by atoms with Crippen molar-refractivity contribution in [3.8, 4) is 5.75 Å². The number of nitrogens with zero attached hydrogens (tertiary/aromatic N) is 2. The smallest absolute Gasteiger partial charge is 0.411 e. The Bertz CT molecular complexity index is 988. The number of hydrogen-bond acceptors (Lipinski definition) is 7. The molecule has 3 rings (SSSR count). The number of H-pyrrole nitrogens is 1. The number of hydrogen-bond donors (Lipinski definition) is 3. The number of nitrogens with one attached hydrogen (secondary N) is 1. The lowest BCUT2D eigenvalue weighted by molar-refractivity contribution is -0.165. The van der Waals surface area contributed by atoms with Gasteiger partial charge in [-0.3, -0.25) is 9.69 Å². The Morgan fingerprint density at radius 1 is 1.19 bits per heavy atom. The maximum atomic E-state index is 13.4. The molecule has 1 fully saturated rings. The number of benzene rings is 1. The second-order valence-electron chi connectivity index (χ2n) is 10.0. The molecule has 1 saturated heterocycles. The van der Waals surface area contributed by atoms with E-state index in [0.717, 1.165) is 0 Å². The Balaban J connectivity index is 1.99. The summed E-state index contributed by atoms with van der Waals surface area (Å²) < 4.78 is 11.2. The van der Waals surface area contributed by atoms with Crippen LogP contribution in [0.2, 0.25) is 0 Å². The van der Waals surface area contributed by atoms with E-state index in [1.54, 1.807) is 53.7 Å². The number of phenolic OH excluding ortho intramolecular Hbond substituents is 1. The molecule has 0 saturated carbocycles. The third-order valence-corrected chi connectivity index (χ3v) is 5.10. The summed E-state index contributed by atoms with van der Waals surface area (Å²) in [6.07, 6.45) is -0.963. The second kappa shape index (κ2) is 7.71. The zero-order chi connectivity index (χ0) is 23.2. The molecule has 31 heavy (non-hydrogen) atoms. The van der Waals surface area contributed by atoms with Crippen molar-refractivity contribution >= 4 is 23.1 Å². The Morgan fingerprint density at radius 2 is 1.84 bits per heavy atom. The van der Waals surface area contributed by atoms with Crippen LogP contribution in [0.3, 0.4) is 0 Å². The Hall–Kier alpha value is -2.81. The molecule has 0 aliphatic carbocycles. The average molecular weight is 433 g/mol. The molecule has 170 valence electrons. The van der Waals surface area contributed by atoms with Gasteiger partial charge in [-0.1, -0.05) is 6.07 Å². The van der Waals surface area contributed by atoms with Crippen LogP contribution in [-0.2, 0) is 19.7 Å². The van der Waals surface area contributed by atoms with E-state index in [-0.39, 0.29) is 25.1 Å². The third-order valence-electron chi connectivity index (χ3n) is 5.10. The van der Waals surface area contributed by atoms with Crippen LogP contribution in [0.1, 0.15) is 60.2 Å². The van der Waals surface area contributed by atoms with Gasteiger partial charge in [0.1, 0.15) is 33.7 Å². The van der Waals surface area contributed by atoms with Crippen molar-refractivity contribution in [2.75, 3.05) is 6.54 Å². The van der Waals surface area contributed by atoms with E-state index >= 15 is 0 Å². The molecule has 1 aliphatic rings. The van der Waals surface area contributed by atoms with Crippen LogP contribution in [0.4, 0.5) is 4.79 Å². The van der Waals surface area contributed by atoms with E-state index in [0.29, 0.717) is 16.9 Å². The van der Waals surface area contributed by atoms with Crippen molar-refractivity contribution in [3.05, 3.63) is 24.0 Å². The Morgan fingerprint density at radius 3 is 2.39 bits per heavy atom. The van der Waals surface area contributed by atoms with Crippen LogP contribution in [0.15, 0.2) is 18.2 Å². The van der Waals surface area contributed by atoms with Crippen LogP contribution in [0.25, 0.3) is 11.0 Å². The first-order valence-electron chi connectivity index (χ1n) is 10.4. The number of amides is 1. The molecule has 4 N–H and O–H groups in total. The summed E-state index contributed by atoms with van der Waals surface area (Å²) in [5.41, 5.74) is 4.75. The van der Waals surface area contributed by atoms with E-state index in [1.165, 1.54) is 11.0 Å². The van der Waals surface area contributed by atoms with E-state index < -0.39 is 34.8 Å². The van der Waals surface area contributed by atoms with Gasteiger partial charge in [-0.15, -0.1) is 0 Å². The molecular weight excluding hydrogens is 400 g/mol. The molecule has 9 heteroatoms. The summed E-state index contributed by atoms with van der Waals surface area (Å²) in [6, 6.07) is 4.99. The second-order valence-corrected chi connectivity index (χ2v) is 10.0. The lowest BCUT2D eigenvalue weighted by Gasteiger charge is -2.43. The summed E-state index contributed by atoms with van der Waals surface area (Å²) in [5, 5.41) is 10.2. The number of esters is 1. The number of aromatic nitrogens is 2. The van der Waals surface area contributed by atoms with Crippen molar-refractivity contribution in [3.63, 3.8) is 0 Å². The number of likely N-dealkylation sites (tertiary alicyclic amines) is 1. The van der Waals surface area contributed by atoms with Crippen molar-refractivity contribution in [1.82, 2.24) is 14.9 Å². The van der Waals surface area contributed by atoms with Crippen LogP contribution in [0, 0.1) is 0 Å². The average Bonchev–Trinajstić information content (AvgIpc) is 3.04. The molecule has 2 unspecified atom stereocenters. The van der Waals surface area contributed by atoms with Crippen molar-refractivity contribution in [1.29, 1.82) is 0 Å². The van der Waals surface area contributed by atoms with Crippen molar-refractivity contribution < 1.29 is 24.2 Å². The highest BCUT2D eigenvalue weighted by molar-refractivity contribution is 5.87. The van der Waals surface area contributed by atoms with Crippen LogP contribution in [0.5, 0.6) is 5.75 Å². The SMILES string of the molecule is CC(C)(C)OC(=O)N1CCC(C(=O)OC(C)(C)C)(c2nc3c(O)cccc3[nH]2)CC1N. The number of para-hydroxylation sites is 1. The van der Waals surface area contributed by atoms with E-state index in [9.17, 15) is 14.7 Å². The summed E-state index contributed by atoms with van der Waals surface area (Å²) in [7, 11) is 0. The minimum absolute atomic E-state index is 0.00910. The number of imidazole rings is 1. The van der Waals surface area contributed by atoms with Crippen LogP contribution in [-0.4, -0.2) is 55.9 Å². The summed E-state index contributed by atoms with van der Waals surface area (Å²) >= 11 is 0. The zero-order valence-corrected chi connectivity index (χ0v) is 19.0. The predicted molar refractivity (Wildman–Crippen MR) is 115 cm³/mol. The lowest BCUT2D eigenvalue weighted by Crippen LogP contribution is -2.59. The zero-order valence-electron chi connectivity index (χ0n) is 19.0. The topological polar surface area (TPSA) is 131 Å². The number of fused-ring (bicyclic) bond motifs is 1. The Kier molecular flexibility index (Phi) is 5.69. The van der Waals surface area contributed by atoms with E-state index in [4.69, 9.17) is 15.2 Å². The molecule has 2 aromatic rings. The number of carbonyl (C=O) groups is 2. The number of nitrogens with two attached hydrogens (primary N) is 1. The molecule has 0 radical (unpaired) electrons. The Labute approximate surface area is 181 Å². The number of ether oxygens (including phenoxy) is 2. The van der Waals surface area contributed by atoms with Crippen LogP contribution < -0.4 is 5.73 Å². The maximum absolute atomic E-state index is 13.4. The third kappa shape index (κ3) is 4.76. The fourth-order valence-electron chi connectivity index (χ4n) is 3.71. The summed E-state index contributed by atoms with van der Waals surface area (Å²) in [6.45, 7) is 10.9. The fraction of sp³-hybridized carbons (Fsp3) is 0.591. The van der Waals surface area contributed by atoms with Crippen molar-refractivity contribution in [2.45, 2.75) is 77.2 Å². The van der Waals surface area contributed by atoms with Gasteiger partial charge in [0.2, 0.25) is 0 Å². The minimum atomic E-state index is -1.20. The molecule has 2 atom stereocenters. The molecule has 1 aromatic heterocycles. The lowest BCUT2D eigenvalue weighted by atomic mass is 9.76. The molecule has 0 bridgehead atoms. The van der Waals surface area contributed by atoms with E-state index in [2.05, 4.69) is 9.97 Å². The van der Waals surface area contributed by atoms with Gasteiger partial charge >= 0.3 is 12.1 Å². The van der Waals surface area contributed by atoms with Crippen LogP contribution >= 0.6 is 0 Å². The first kappa shape index (κ1) is 22.9. The molecule has 1 aliphatic heterocycles. The number of rotatable bonds is 2. The quantitative estimate of drug-likeness (QED) is 0.621. The molecule has 1 aromatic carbocycles. The number of carbonyl (C=O) groups excluding carboxylic acids is 2. The number of aromatic hydroxyl groups is 1. The van der Waals surface area contributed by atoms with Gasteiger partial charge < -0.3 is 25.3 Å². The molecule has 0 spiro atoms. The monoisotopic (exact) mass is 432 g/mol. The fourth-order valence-corrected chi connectivity index (χ4v) is 3.71.